The summed E-state index contributed by atoms with van der Waals surface area (Å²) < 4.78 is 26.4. The highest BCUT2D eigenvalue weighted by molar-refractivity contribution is 7.15. The van der Waals surface area contributed by atoms with Gasteiger partial charge < -0.3 is 0 Å². The van der Waals surface area contributed by atoms with Gasteiger partial charge in [0.15, 0.2) is 0 Å². The Labute approximate surface area is 102 Å². The third-order valence-electron chi connectivity index (χ3n) is 2.62. The molecule has 90 valence electrons. The standard InChI is InChI=1S/C12H12F2N2S/c1-8(12(2,13)14)10-7-16-11(17-10)9-4-3-5-15-6-9/h3-8H,1-2H3. The highest BCUT2D eigenvalue weighted by Crippen LogP contribution is 2.37. The van der Waals surface area contributed by atoms with Gasteiger partial charge in [-0.05, 0) is 19.1 Å². The first-order valence-electron chi connectivity index (χ1n) is 5.22. The average molecular weight is 254 g/mol. The zero-order valence-electron chi connectivity index (χ0n) is 9.52. The van der Waals surface area contributed by atoms with E-state index in [0.29, 0.717) is 4.88 Å². The molecule has 2 heterocycles. The van der Waals surface area contributed by atoms with Crippen molar-refractivity contribution in [2.75, 3.05) is 0 Å². The molecule has 0 spiro atoms. The summed E-state index contributed by atoms with van der Waals surface area (Å²) in [6.07, 6.45) is 4.87. The van der Waals surface area contributed by atoms with Crippen LogP contribution in [0.3, 0.4) is 0 Å². The molecular weight excluding hydrogens is 242 g/mol. The Hall–Kier alpha value is -1.36. The zero-order chi connectivity index (χ0) is 12.5. The minimum atomic E-state index is -2.72. The molecule has 0 saturated carbocycles. The highest BCUT2D eigenvalue weighted by Gasteiger charge is 2.32. The van der Waals surface area contributed by atoms with Crippen molar-refractivity contribution in [2.45, 2.75) is 25.7 Å². The van der Waals surface area contributed by atoms with E-state index in [9.17, 15) is 8.78 Å². The molecule has 0 aromatic carbocycles. The van der Waals surface area contributed by atoms with Crippen molar-refractivity contribution >= 4 is 11.3 Å². The molecule has 5 heteroatoms. The van der Waals surface area contributed by atoms with Gasteiger partial charge in [-0.15, -0.1) is 11.3 Å². The van der Waals surface area contributed by atoms with Crippen LogP contribution in [0.25, 0.3) is 10.6 Å². The number of nitrogens with zero attached hydrogens (tertiary/aromatic N) is 2. The second-order valence-electron chi connectivity index (χ2n) is 3.99. The lowest BCUT2D eigenvalue weighted by atomic mass is 10.0. The van der Waals surface area contributed by atoms with Gasteiger partial charge in [0.2, 0.25) is 0 Å². The lowest BCUT2D eigenvalue weighted by molar-refractivity contribution is -0.00123. The first-order valence-corrected chi connectivity index (χ1v) is 6.04. The van der Waals surface area contributed by atoms with Gasteiger partial charge in [0.25, 0.3) is 5.92 Å². The summed E-state index contributed by atoms with van der Waals surface area (Å²) in [6.45, 7) is 2.45. The Bertz CT molecular complexity index is 491. The summed E-state index contributed by atoms with van der Waals surface area (Å²) in [4.78, 5) is 8.74. The molecule has 0 bridgehead atoms. The van der Waals surface area contributed by atoms with E-state index in [2.05, 4.69) is 9.97 Å². The zero-order valence-corrected chi connectivity index (χ0v) is 10.3. The second kappa shape index (κ2) is 4.49. The van der Waals surface area contributed by atoms with Gasteiger partial charge in [-0.3, -0.25) is 4.98 Å². The van der Waals surface area contributed by atoms with Gasteiger partial charge in [0.05, 0.1) is 5.92 Å². The summed E-state index contributed by atoms with van der Waals surface area (Å²) in [5.74, 6) is -3.54. The van der Waals surface area contributed by atoms with E-state index < -0.39 is 11.8 Å². The maximum absolute atomic E-state index is 13.2. The van der Waals surface area contributed by atoms with Crippen molar-refractivity contribution in [1.82, 2.24) is 9.97 Å². The second-order valence-corrected chi connectivity index (χ2v) is 5.05. The van der Waals surface area contributed by atoms with Crippen molar-refractivity contribution < 1.29 is 8.78 Å². The number of alkyl halides is 2. The van der Waals surface area contributed by atoms with E-state index in [-0.39, 0.29) is 0 Å². The largest absolute Gasteiger partial charge is 0.264 e. The van der Waals surface area contributed by atoms with Crippen molar-refractivity contribution in [3.05, 3.63) is 35.6 Å². The Morgan fingerprint density at radius 1 is 1.35 bits per heavy atom. The first kappa shape index (κ1) is 12.1. The maximum atomic E-state index is 13.2. The monoisotopic (exact) mass is 254 g/mol. The molecule has 1 atom stereocenters. The Kier molecular flexibility index (Phi) is 3.19. The maximum Gasteiger partial charge on any atom is 0.252 e. The third kappa shape index (κ3) is 2.66. The Morgan fingerprint density at radius 2 is 2.12 bits per heavy atom. The molecule has 2 aromatic rings. The molecule has 17 heavy (non-hydrogen) atoms. The number of hydrogen-bond donors (Lipinski definition) is 0. The van der Waals surface area contributed by atoms with Crippen LogP contribution in [0, 0.1) is 0 Å². The molecule has 0 aliphatic rings. The van der Waals surface area contributed by atoms with Crippen molar-refractivity contribution in [3.8, 4) is 10.6 Å². The van der Waals surface area contributed by atoms with E-state index in [1.54, 1.807) is 18.5 Å². The van der Waals surface area contributed by atoms with Crippen LogP contribution in [0.15, 0.2) is 30.7 Å². The molecule has 0 aliphatic carbocycles. The number of halogens is 2. The van der Waals surface area contributed by atoms with E-state index in [1.165, 1.54) is 24.5 Å². The number of rotatable bonds is 3. The molecular formula is C12H12F2N2S. The lowest BCUT2D eigenvalue weighted by Gasteiger charge is -2.16. The molecule has 0 saturated heterocycles. The molecule has 2 aromatic heterocycles. The average Bonchev–Trinajstić information content (AvgIpc) is 2.77. The molecule has 0 aliphatic heterocycles. The van der Waals surface area contributed by atoms with Crippen LogP contribution < -0.4 is 0 Å². The van der Waals surface area contributed by atoms with Crippen molar-refractivity contribution in [1.29, 1.82) is 0 Å². The first-order chi connectivity index (χ1) is 7.98. The molecule has 2 nitrogen and oxygen atoms in total. The SMILES string of the molecule is CC(c1cnc(-c2cccnc2)s1)C(C)(F)F. The van der Waals surface area contributed by atoms with E-state index in [1.807, 2.05) is 6.07 Å². The van der Waals surface area contributed by atoms with Crippen molar-refractivity contribution in [2.24, 2.45) is 0 Å². The molecule has 0 N–H and O–H groups in total. The van der Waals surface area contributed by atoms with Gasteiger partial charge in [-0.1, -0.05) is 6.92 Å². The third-order valence-corrected chi connectivity index (χ3v) is 3.85. The highest BCUT2D eigenvalue weighted by atomic mass is 32.1. The number of aromatic nitrogens is 2. The fourth-order valence-electron chi connectivity index (χ4n) is 1.36. The van der Waals surface area contributed by atoms with Crippen molar-refractivity contribution in [3.63, 3.8) is 0 Å². The van der Waals surface area contributed by atoms with Crippen LogP contribution in [0.1, 0.15) is 24.6 Å². The predicted molar refractivity (Wildman–Crippen MR) is 64.4 cm³/mol. The predicted octanol–water partition coefficient (Wildman–Crippen LogP) is 3.96. The topological polar surface area (TPSA) is 25.8 Å². The Balaban J connectivity index is 2.28. The van der Waals surface area contributed by atoms with Crippen LogP contribution in [-0.4, -0.2) is 15.9 Å². The number of hydrogen-bond acceptors (Lipinski definition) is 3. The van der Waals surface area contributed by atoms with Crippen LogP contribution in [0.4, 0.5) is 8.78 Å². The molecule has 1 unspecified atom stereocenters. The summed E-state index contributed by atoms with van der Waals surface area (Å²) in [5, 5.41) is 0.726. The molecule has 0 fully saturated rings. The van der Waals surface area contributed by atoms with Gasteiger partial charge in [-0.2, -0.15) is 0 Å². The van der Waals surface area contributed by atoms with Gasteiger partial charge in [-0.25, -0.2) is 13.8 Å². The molecule has 2 rings (SSSR count). The summed E-state index contributed by atoms with van der Waals surface area (Å²) >= 11 is 1.29. The summed E-state index contributed by atoms with van der Waals surface area (Å²) in [7, 11) is 0. The lowest BCUT2D eigenvalue weighted by Crippen LogP contribution is -2.18. The van der Waals surface area contributed by atoms with Crippen LogP contribution in [0.2, 0.25) is 0 Å². The van der Waals surface area contributed by atoms with Crippen LogP contribution >= 0.6 is 11.3 Å². The van der Waals surface area contributed by atoms with E-state index in [4.69, 9.17) is 0 Å². The summed E-state index contributed by atoms with van der Waals surface area (Å²) in [6, 6.07) is 3.67. The van der Waals surface area contributed by atoms with E-state index in [0.717, 1.165) is 17.5 Å². The van der Waals surface area contributed by atoms with Crippen LogP contribution in [-0.2, 0) is 0 Å². The minimum absolute atomic E-state index is 0.594. The van der Waals surface area contributed by atoms with Gasteiger partial charge in [0, 0.05) is 29.0 Å². The smallest absolute Gasteiger partial charge is 0.252 e. The normalized spacial score (nSPS) is 13.6. The molecule has 0 radical (unpaired) electrons. The van der Waals surface area contributed by atoms with Gasteiger partial charge >= 0.3 is 0 Å². The summed E-state index contributed by atoms with van der Waals surface area (Å²) in [5.41, 5.74) is 0.857. The van der Waals surface area contributed by atoms with Gasteiger partial charge in [0.1, 0.15) is 5.01 Å². The quantitative estimate of drug-likeness (QED) is 0.828. The minimum Gasteiger partial charge on any atom is -0.264 e. The fourth-order valence-corrected chi connectivity index (χ4v) is 2.42. The number of pyridine rings is 1. The Morgan fingerprint density at radius 3 is 2.71 bits per heavy atom. The fraction of sp³-hybridized carbons (Fsp3) is 0.333. The van der Waals surface area contributed by atoms with E-state index >= 15 is 0 Å². The molecule has 0 amide bonds. The van der Waals surface area contributed by atoms with Crippen LogP contribution in [0.5, 0.6) is 0 Å². The number of thiazole rings is 1.